The number of fused-ring (bicyclic) bond motifs is 5. The number of hydrogen-bond donors (Lipinski definition) is 2. The summed E-state index contributed by atoms with van der Waals surface area (Å²) in [5, 5.41) is 11.6. The topological polar surface area (TPSA) is 113 Å². The van der Waals surface area contributed by atoms with Crippen LogP contribution < -0.4 is 5.32 Å². The van der Waals surface area contributed by atoms with Crippen molar-refractivity contribution < 1.29 is 29.0 Å². The third-order valence-electron chi connectivity index (χ3n) is 5.28. The molecule has 5 atom stereocenters. The Labute approximate surface area is 145 Å². The number of nitrogens with zero attached hydrogens (tertiary/aromatic N) is 1. The van der Waals surface area contributed by atoms with Gasteiger partial charge < -0.3 is 15.2 Å². The van der Waals surface area contributed by atoms with Gasteiger partial charge in [-0.05, 0) is 25.2 Å². The van der Waals surface area contributed by atoms with Crippen molar-refractivity contribution in [1.29, 1.82) is 0 Å². The van der Waals surface area contributed by atoms with Crippen LogP contribution in [0.1, 0.15) is 39.5 Å². The fourth-order valence-electron chi connectivity index (χ4n) is 4.17. The summed E-state index contributed by atoms with van der Waals surface area (Å²) in [5.74, 6) is -2.75. The molecular formula is C17H24N2O6. The van der Waals surface area contributed by atoms with E-state index in [-0.39, 0.29) is 42.9 Å². The van der Waals surface area contributed by atoms with Gasteiger partial charge in [-0.1, -0.05) is 13.8 Å². The van der Waals surface area contributed by atoms with Crippen LogP contribution in [0.25, 0.3) is 0 Å². The fraction of sp³-hybridized carbons (Fsp3) is 0.765. The zero-order chi connectivity index (χ0) is 18.3. The molecule has 25 heavy (non-hydrogen) atoms. The molecule has 0 aromatic carbocycles. The zero-order valence-corrected chi connectivity index (χ0v) is 14.4. The van der Waals surface area contributed by atoms with E-state index in [9.17, 15) is 19.2 Å². The second kappa shape index (κ2) is 6.74. The molecule has 138 valence electrons. The number of carbonyl (C=O) groups excluding carboxylic acids is 3. The Balaban J connectivity index is 1.55. The number of imide groups is 1. The monoisotopic (exact) mass is 352 g/mol. The van der Waals surface area contributed by atoms with Crippen molar-refractivity contribution in [1.82, 2.24) is 10.2 Å². The van der Waals surface area contributed by atoms with Gasteiger partial charge in [-0.15, -0.1) is 0 Å². The maximum Gasteiger partial charge on any atom is 0.326 e. The van der Waals surface area contributed by atoms with Crippen molar-refractivity contribution >= 4 is 23.7 Å². The van der Waals surface area contributed by atoms with E-state index >= 15 is 0 Å². The second-order valence-corrected chi connectivity index (χ2v) is 7.51. The minimum absolute atomic E-state index is 0.00996. The van der Waals surface area contributed by atoms with E-state index in [1.165, 1.54) is 0 Å². The summed E-state index contributed by atoms with van der Waals surface area (Å²) in [6.45, 7) is 3.74. The van der Waals surface area contributed by atoms with Crippen LogP contribution in [0.5, 0.6) is 0 Å². The molecule has 3 aliphatic rings. The van der Waals surface area contributed by atoms with Crippen LogP contribution in [0, 0.1) is 17.8 Å². The van der Waals surface area contributed by atoms with E-state index in [0.29, 0.717) is 6.42 Å². The Hall–Kier alpha value is -1.96. The van der Waals surface area contributed by atoms with Gasteiger partial charge >= 0.3 is 5.97 Å². The van der Waals surface area contributed by atoms with Gasteiger partial charge in [0.05, 0.1) is 24.0 Å². The largest absolute Gasteiger partial charge is 0.480 e. The first-order valence-electron chi connectivity index (χ1n) is 8.82. The Morgan fingerprint density at radius 1 is 1.20 bits per heavy atom. The number of nitrogens with one attached hydrogen (secondary N) is 1. The lowest BCUT2D eigenvalue weighted by atomic mass is 9.81. The number of carboxylic acids is 1. The molecule has 2 N–H and O–H groups in total. The highest BCUT2D eigenvalue weighted by molar-refractivity contribution is 6.06. The average molecular weight is 352 g/mol. The van der Waals surface area contributed by atoms with Crippen LogP contribution in [-0.2, 0) is 23.9 Å². The molecule has 3 heterocycles. The summed E-state index contributed by atoms with van der Waals surface area (Å²) in [7, 11) is 0. The lowest BCUT2D eigenvalue weighted by molar-refractivity contribution is -0.144. The SMILES string of the molecule is CC(C)C[C@H](NC(=O)CCN1C(=O)C2C3CCC(O3)C2C1=O)C(=O)O. The molecule has 4 unspecified atom stereocenters. The minimum Gasteiger partial charge on any atom is -0.480 e. The maximum atomic E-state index is 12.5. The van der Waals surface area contributed by atoms with Gasteiger partial charge in [0.15, 0.2) is 0 Å². The second-order valence-electron chi connectivity index (χ2n) is 7.51. The molecule has 0 aliphatic carbocycles. The van der Waals surface area contributed by atoms with E-state index in [0.717, 1.165) is 17.7 Å². The molecule has 8 heteroatoms. The summed E-state index contributed by atoms with van der Waals surface area (Å²) in [4.78, 5) is 49.4. The van der Waals surface area contributed by atoms with Gasteiger partial charge in [0.1, 0.15) is 6.04 Å². The third-order valence-corrected chi connectivity index (χ3v) is 5.28. The number of aliphatic carboxylic acids is 1. The predicted molar refractivity (Wildman–Crippen MR) is 85.2 cm³/mol. The molecule has 3 aliphatic heterocycles. The summed E-state index contributed by atoms with van der Waals surface area (Å²) in [6.07, 6.45) is 1.49. The Bertz CT molecular complexity index is 576. The lowest BCUT2D eigenvalue weighted by Gasteiger charge is -2.19. The molecule has 2 bridgehead atoms. The highest BCUT2D eigenvalue weighted by Crippen LogP contribution is 2.48. The molecule has 0 aromatic heterocycles. The predicted octanol–water partition coefficient (Wildman–Crippen LogP) is 0.154. The van der Waals surface area contributed by atoms with Crippen LogP contribution in [-0.4, -0.2) is 58.5 Å². The third kappa shape index (κ3) is 3.27. The molecular weight excluding hydrogens is 328 g/mol. The smallest absolute Gasteiger partial charge is 0.326 e. The van der Waals surface area contributed by atoms with Gasteiger partial charge in [0, 0.05) is 13.0 Å². The Morgan fingerprint density at radius 3 is 2.24 bits per heavy atom. The molecule has 3 saturated heterocycles. The molecule has 0 saturated carbocycles. The van der Waals surface area contributed by atoms with Gasteiger partial charge in [-0.2, -0.15) is 0 Å². The van der Waals surface area contributed by atoms with Crippen LogP contribution in [0.15, 0.2) is 0 Å². The van der Waals surface area contributed by atoms with Crippen LogP contribution in [0.4, 0.5) is 0 Å². The molecule has 3 amide bonds. The van der Waals surface area contributed by atoms with Crippen molar-refractivity contribution in [3.05, 3.63) is 0 Å². The molecule has 3 rings (SSSR count). The van der Waals surface area contributed by atoms with E-state index in [1.807, 2.05) is 13.8 Å². The van der Waals surface area contributed by atoms with E-state index < -0.39 is 29.8 Å². The van der Waals surface area contributed by atoms with Crippen LogP contribution in [0.2, 0.25) is 0 Å². The number of carboxylic acid groups (broad SMARTS) is 1. The highest BCUT2D eigenvalue weighted by atomic mass is 16.5. The quantitative estimate of drug-likeness (QED) is 0.631. The maximum absolute atomic E-state index is 12.5. The van der Waals surface area contributed by atoms with Gasteiger partial charge in [0.2, 0.25) is 17.7 Å². The van der Waals surface area contributed by atoms with Crippen molar-refractivity contribution in [2.24, 2.45) is 17.8 Å². The number of hydrogen-bond acceptors (Lipinski definition) is 5. The molecule has 0 spiro atoms. The average Bonchev–Trinajstić information content (AvgIpc) is 3.19. The summed E-state index contributed by atoms with van der Waals surface area (Å²) < 4.78 is 5.66. The van der Waals surface area contributed by atoms with Crippen LogP contribution >= 0.6 is 0 Å². The minimum atomic E-state index is -1.08. The molecule has 0 aromatic rings. The van der Waals surface area contributed by atoms with E-state index in [4.69, 9.17) is 9.84 Å². The number of amides is 3. The number of likely N-dealkylation sites (tertiary alicyclic amines) is 1. The first-order valence-corrected chi connectivity index (χ1v) is 8.82. The van der Waals surface area contributed by atoms with Crippen LogP contribution in [0.3, 0.4) is 0 Å². The van der Waals surface area contributed by atoms with Crippen molar-refractivity contribution in [3.8, 4) is 0 Å². The van der Waals surface area contributed by atoms with Gasteiger partial charge in [0.25, 0.3) is 0 Å². The van der Waals surface area contributed by atoms with Crippen molar-refractivity contribution in [3.63, 3.8) is 0 Å². The van der Waals surface area contributed by atoms with Gasteiger partial charge in [-0.25, -0.2) is 4.79 Å². The Morgan fingerprint density at radius 2 is 1.76 bits per heavy atom. The zero-order valence-electron chi connectivity index (χ0n) is 14.4. The number of ether oxygens (including phenoxy) is 1. The summed E-state index contributed by atoms with van der Waals surface area (Å²) in [6, 6.07) is -0.957. The van der Waals surface area contributed by atoms with Crippen molar-refractivity contribution in [2.75, 3.05) is 6.54 Å². The number of carbonyl (C=O) groups is 4. The highest BCUT2D eigenvalue weighted by Gasteiger charge is 2.62. The summed E-state index contributed by atoms with van der Waals surface area (Å²) >= 11 is 0. The fourth-order valence-corrected chi connectivity index (χ4v) is 4.17. The molecule has 0 radical (unpaired) electrons. The van der Waals surface area contributed by atoms with E-state index in [1.54, 1.807) is 0 Å². The molecule has 3 fully saturated rings. The standard InChI is InChI=1S/C17H24N2O6/c1-8(2)7-9(17(23)24)18-12(20)5-6-19-15(21)13-10-3-4-11(25-10)14(13)16(19)22/h8-11,13-14H,3-7H2,1-2H3,(H,18,20)(H,23,24)/t9-,10?,11?,13?,14?/m0/s1. The Kier molecular flexibility index (Phi) is 4.81. The first kappa shape index (κ1) is 17.8. The summed E-state index contributed by atoms with van der Waals surface area (Å²) in [5.41, 5.74) is 0. The number of rotatable bonds is 7. The normalized spacial score (nSPS) is 31.6. The van der Waals surface area contributed by atoms with Gasteiger partial charge in [-0.3, -0.25) is 19.3 Å². The lowest BCUT2D eigenvalue weighted by Crippen LogP contribution is -2.43. The van der Waals surface area contributed by atoms with E-state index in [2.05, 4.69) is 5.32 Å². The van der Waals surface area contributed by atoms with Crippen molar-refractivity contribution in [2.45, 2.75) is 57.8 Å². The first-order chi connectivity index (χ1) is 11.8. The molecule has 8 nitrogen and oxygen atoms in total.